The minimum atomic E-state index is -4.86. The number of aromatic nitrogens is 2. The van der Waals surface area contributed by atoms with Gasteiger partial charge in [-0.25, -0.2) is 0 Å². The molecule has 0 unspecified atom stereocenters. The molecule has 0 aliphatic rings. The summed E-state index contributed by atoms with van der Waals surface area (Å²) in [6, 6.07) is 4.06. The van der Waals surface area contributed by atoms with Crippen molar-refractivity contribution in [2.24, 2.45) is 0 Å². The van der Waals surface area contributed by atoms with E-state index < -0.39 is 12.0 Å². The van der Waals surface area contributed by atoms with E-state index in [9.17, 15) is 18.0 Å². The normalized spacial score (nSPS) is 11.9. The van der Waals surface area contributed by atoms with Gasteiger partial charge in [-0.1, -0.05) is 12.1 Å². The highest BCUT2D eigenvalue weighted by atomic mass is 19.4. The number of hydrogen-bond donors (Lipinski definition) is 1. The number of alkyl halides is 3. The van der Waals surface area contributed by atoms with Crippen molar-refractivity contribution in [1.82, 2.24) is 10.2 Å². The number of halogens is 3. The van der Waals surface area contributed by atoms with Crippen LogP contribution in [-0.4, -0.2) is 22.2 Å². The van der Waals surface area contributed by atoms with E-state index in [1.54, 1.807) is 6.07 Å². The molecule has 0 atom stereocenters. The number of benzene rings is 1. The fourth-order valence-corrected chi connectivity index (χ4v) is 1.32. The van der Waals surface area contributed by atoms with Crippen molar-refractivity contribution in [3.05, 3.63) is 30.0 Å². The zero-order valence-corrected chi connectivity index (χ0v) is 7.30. The van der Waals surface area contributed by atoms with Gasteiger partial charge >= 0.3 is 6.18 Å². The Bertz CT molecular complexity index is 515. The van der Waals surface area contributed by atoms with Crippen LogP contribution in [0.3, 0.4) is 0 Å². The van der Waals surface area contributed by atoms with Gasteiger partial charge in [0.1, 0.15) is 0 Å². The molecular formula is C9H5F3N2O. The Labute approximate surface area is 81.9 Å². The van der Waals surface area contributed by atoms with Crippen molar-refractivity contribution in [2.45, 2.75) is 6.18 Å². The first-order chi connectivity index (χ1) is 7.00. The molecular weight excluding hydrogens is 209 g/mol. The predicted octanol–water partition coefficient (Wildman–Crippen LogP) is 2.31. The summed E-state index contributed by atoms with van der Waals surface area (Å²) < 4.78 is 36.6. The van der Waals surface area contributed by atoms with Gasteiger partial charge in [-0.15, -0.1) is 0 Å². The minimum absolute atomic E-state index is 0.180. The second-order valence-electron chi connectivity index (χ2n) is 2.96. The number of carbonyl (C=O) groups excluding carboxylic acids is 1. The zero-order valence-electron chi connectivity index (χ0n) is 7.30. The third-order valence-corrected chi connectivity index (χ3v) is 1.99. The van der Waals surface area contributed by atoms with E-state index in [0.717, 1.165) is 6.07 Å². The maximum absolute atomic E-state index is 12.2. The van der Waals surface area contributed by atoms with E-state index in [4.69, 9.17) is 0 Å². The van der Waals surface area contributed by atoms with Gasteiger partial charge in [-0.05, 0) is 6.07 Å². The fourth-order valence-electron chi connectivity index (χ4n) is 1.32. The molecule has 0 aliphatic carbocycles. The summed E-state index contributed by atoms with van der Waals surface area (Å²) in [6.45, 7) is 0. The Morgan fingerprint density at radius 3 is 2.73 bits per heavy atom. The molecule has 15 heavy (non-hydrogen) atoms. The number of aromatic amines is 1. The van der Waals surface area contributed by atoms with Gasteiger partial charge in [0.15, 0.2) is 0 Å². The van der Waals surface area contributed by atoms with Crippen LogP contribution in [0.25, 0.3) is 10.9 Å². The Hall–Kier alpha value is -1.85. The van der Waals surface area contributed by atoms with Crippen LogP contribution in [0.2, 0.25) is 0 Å². The molecule has 1 aromatic carbocycles. The van der Waals surface area contributed by atoms with Crippen molar-refractivity contribution in [2.75, 3.05) is 0 Å². The number of nitrogens with one attached hydrogen (secondary N) is 1. The molecule has 0 radical (unpaired) electrons. The Balaban J connectivity index is 2.62. The lowest BCUT2D eigenvalue weighted by Crippen LogP contribution is -2.22. The van der Waals surface area contributed by atoms with Crippen LogP contribution in [0.4, 0.5) is 13.2 Å². The van der Waals surface area contributed by atoms with Gasteiger partial charge in [0, 0.05) is 10.9 Å². The van der Waals surface area contributed by atoms with E-state index in [2.05, 4.69) is 10.2 Å². The van der Waals surface area contributed by atoms with Crippen LogP contribution in [0, 0.1) is 0 Å². The van der Waals surface area contributed by atoms with Crippen LogP contribution in [-0.2, 0) is 0 Å². The highest BCUT2D eigenvalue weighted by Crippen LogP contribution is 2.25. The molecule has 1 aromatic heterocycles. The number of rotatable bonds is 1. The first-order valence-electron chi connectivity index (χ1n) is 4.04. The van der Waals surface area contributed by atoms with E-state index in [0.29, 0.717) is 5.52 Å². The molecule has 0 saturated heterocycles. The summed E-state index contributed by atoms with van der Waals surface area (Å²) in [4.78, 5) is 11.0. The predicted molar refractivity (Wildman–Crippen MR) is 46.5 cm³/mol. The van der Waals surface area contributed by atoms with Crippen LogP contribution in [0.1, 0.15) is 10.4 Å². The quantitative estimate of drug-likeness (QED) is 0.740. The highest BCUT2D eigenvalue weighted by Gasteiger charge is 2.40. The van der Waals surface area contributed by atoms with Gasteiger partial charge in [0.05, 0.1) is 11.7 Å². The standard InChI is InChI=1S/C9H5F3N2O/c10-9(11,12)8(15)5-2-1-3-7-6(5)4-13-14-7/h1-4H,(H,13,14). The van der Waals surface area contributed by atoms with Gasteiger partial charge in [-0.3, -0.25) is 9.89 Å². The van der Waals surface area contributed by atoms with Gasteiger partial charge in [0.2, 0.25) is 0 Å². The summed E-state index contributed by atoms with van der Waals surface area (Å²) >= 11 is 0. The van der Waals surface area contributed by atoms with Crippen LogP contribution in [0.5, 0.6) is 0 Å². The van der Waals surface area contributed by atoms with Crippen molar-refractivity contribution in [3.8, 4) is 0 Å². The maximum Gasteiger partial charge on any atom is 0.454 e. The molecule has 6 heteroatoms. The zero-order chi connectivity index (χ0) is 11.1. The second kappa shape index (κ2) is 3.08. The highest BCUT2D eigenvalue weighted by molar-refractivity contribution is 6.09. The average Bonchev–Trinajstić information content (AvgIpc) is 2.62. The van der Waals surface area contributed by atoms with Crippen LogP contribution >= 0.6 is 0 Å². The van der Waals surface area contributed by atoms with Gasteiger partial charge in [-0.2, -0.15) is 18.3 Å². The summed E-state index contributed by atoms with van der Waals surface area (Å²) in [5.41, 5.74) is 0.0267. The lowest BCUT2D eigenvalue weighted by atomic mass is 10.1. The molecule has 0 bridgehead atoms. The molecule has 0 aliphatic heterocycles. The molecule has 1 heterocycles. The summed E-state index contributed by atoms with van der Waals surface area (Å²) in [6.07, 6.45) is -3.65. The van der Waals surface area contributed by atoms with Crippen molar-refractivity contribution < 1.29 is 18.0 Å². The number of Topliss-reactive ketones (excluding diaryl/α,β-unsaturated/α-hetero) is 1. The number of carbonyl (C=O) groups is 1. The number of ketones is 1. The van der Waals surface area contributed by atoms with Crippen molar-refractivity contribution in [3.63, 3.8) is 0 Å². The van der Waals surface area contributed by atoms with Crippen molar-refractivity contribution in [1.29, 1.82) is 0 Å². The molecule has 2 rings (SSSR count). The van der Waals surface area contributed by atoms with Gasteiger partial charge < -0.3 is 0 Å². The van der Waals surface area contributed by atoms with E-state index >= 15 is 0 Å². The maximum atomic E-state index is 12.2. The van der Waals surface area contributed by atoms with Crippen LogP contribution in [0.15, 0.2) is 24.4 Å². The molecule has 0 amide bonds. The van der Waals surface area contributed by atoms with E-state index in [1.165, 1.54) is 12.3 Å². The number of hydrogen-bond acceptors (Lipinski definition) is 2. The summed E-state index contributed by atoms with van der Waals surface area (Å²) in [5.74, 6) is -1.85. The first-order valence-corrected chi connectivity index (χ1v) is 4.04. The van der Waals surface area contributed by atoms with Crippen molar-refractivity contribution >= 4 is 16.7 Å². The first kappa shape index (κ1) is 9.70. The third-order valence-electron chi connectivity index (χ3n) is 1.99. The van der Waals surface area contributed by atoms with Gasteiger partial charge in [0.25, 0.3) is 5.78 Å². The average molecular weight is 214 g/mol. The molecule has 1 N–H and O–H groups in total. The second-order valence-corrected chi connectivity index (χ2v) is 2.96. The molecule has 0 spiro atoms. The van der Waals surface area contributed by atoms with E-state index in [-0.39, 0.29) is 10.9 Å². The lowest BCUT2D eigenvalue weighted by Gasteiger charge is -2.05. The molecule has 2 aromatic rings. The lowest BCUT2D eigenvalue weighted by molar-refractivity contribution is -0.0884. The Kier molecular flexibility index (Phi) is 1.99. The van der Waals surface area contributed by atoms with E-state index in [1.807, 2.05) is 0 Å². The number of nitrogens with zero attached hydrogens (tertiary/aromatic N) is 1. The molecule has 0 fully saturated rings. The summed E-state index contributed by atoms with van der Waals surface area (Å²) in [5, 5.41) is 6.26. The minimum Gasteiger partial charge on any atom is -0.284 e. The third kappa shape index (κ3) is 1.58. The largest absolute Gasteiger partial charge is 0.454 e. The topological polar surface area (TPSA) is 45.8 Å². The molecule has 3 nitrogen and oxygen atoms in total. The smallest absolute Gasteiger partial charge is 0.284 e. The number of H-pyrrole nitrogens is 1. The number of fused-ring (bicyclic) bond motifs is 1. The summed E-state index contributed by atoms with van der Waals surface area (Å²) in [7, 11) is 0. The fraction of sp³-hybridized carbons (Fsp3) is 0.111. The Morgan fingerprint density at radius 2 is 2.07 bits per heavy atom. The molecule has 0 saturated carbocycles. The SMILES string of the molecule is O=C(c1cccc2[nH]ncc12)C(F)(F)F. The molecule has 78 valence electrons. The Morgan fingerprint density at radius 1 is 1.33 bits per heavy atom. The van der Waals surface area contributed by atoms with Crippen LogP contribution < -0.4 is 0 Å². The monoisotopic (exact) mass is 214 g/mol.